The molecule has 0 bridgehead atoms. The molecular weight excluding hydrogens is 530 g/mol. The Hall–Kier alpha value is -3.45. The van der Waals surface area contributed by atoms with Crippen molar-refractivity contribution < 1.29 is 31.1 Å². The summed E-state index contributed by atoms with van der Waals surface area (Å²) >= 11 is 0. The van der Waals surface area contributed by atoms with Crippen molar-refractivity contribution in [3.63, 3.8) is 0 Å². The molecule has 0 saturated carbocycles. The molecule has 38 heavy (non-hydrogen) atoms. The molecule has 0 radical (unpaired) electrons. The Labute approximate surface area is 222 Å². The number of morpholine rings is 1. The molecule has 1 aliphatic heterocycles. The molecule has 1 amide bonds. The lowest BCUT2D eigenvalue weighted by Gasteiger charge is -2.26. The quantitative estimate of drug-likeness (QED) is 0.428. The van der Waals surface area contributed by atoms with E-state index in [9.17, 15) is 21.6 Å². The lowest BCUT2D eigenvalue weighted by molar-refractivity contribution is -0.114. The summed E-state index contributed by atoms with van der Waals surface area (Å²) in [7, 11) is -6.29. The van der Waals surface area contributed by atoms with E-state index in [0.29, 0.717) is 30.3 Å². The van der Waals surface area contributed by atoms with Crippen LogP contribution in [-0.2, 0) is 29.6 Å². The van der Waals surface area contributed by atoms with Crippen LogP contribution in [-0.4, -0.2) is 67.0 Å². The number of carbonyl (C=O) groups excluding carboxylic acids is 1. The van der Waals surface area contributed by atoms with Crippen LogP contribution in [0.3, 0.4) is 0 Å². The fourth-order valence-corrected chi connectivity index (χ4v) is 6.71. The minimum atomic E-state index is -4.10. The maximum atomic E-state index is 13.5. The number of ether oxygens (including phenoxy) is 2. The fourth-order valence-electron chi connectivity index (χ4n) is 3.88. The molecule has 12 heteroatoms. The first-order valence-electron chi connectivity index (χ1n) is 11.8. The Bertz CT molecular complexity index is 1470. The molecule has 1 N–H and O–H groups in total. The van der Waals surface area contributed by atoms with E-state index in [1.807, 2.05) is 6.92 Å². The highest BCUT2D eigenvalue weighted by atomic mass is 32.2. The van der Waals surface area contributed by atoms with Crippen molar-refractivity contribution in [1.29, 1.82) is 0 Å². The van der Waals surface area contributed by atoms with Crippen LogP contribution in [0.2, 0.25) is 0 Å². The molecule has 1 saturated heterocycles. The smallest absolute Gasteiger partial charge is 0.264 e. The second kappa shape index (κ2) is 11.5. The number of rotatable bonds is 9. The molecule has 0 spiro atoms. The van der Waals surface area contributed by atoms with Gasteiger partial charge in [-0.05, 0) is 67.6 Å². The molecule has 0 atom stereocenters. The van der Waals surface area contributed by atoms with Gasteiger partial charge in [-0.1, -0.05) is 17.7 Å². The molecule has 3 aromatic carbocycles. The zero-order valence-electron chi connectivity index (χ0n) is 21.0. The Morgan fingerprint density at radius 2 is 1.47 bits per heavy atom. The number of aryl methyl sites for hydroxylation is 1. The third-order valence-electron chi connectivity index (χ3n) is 6.00. The van der Waals surface area contributed by atoms with E-state index < -0.39 is 32.5 Å². The number of nitrogens with zero attached hydrogens (tertiary/aromatic N) is 2. The predicted molar refractivity (Wildman–Crippen MR) is 143 cm³/mol. The number of hydrogen-bond acceptors (Lipinski definition) is 7. The molecule has 0 unspecified atom stereocenters. The van der Waals surface area contributed by atoms with Gasteiger partial charge in [-0.3, -0.25) is 9.10 Å². The third kappa shape index (κ3) is 6.16. The van der Waals surface area contributed by atoms with Gasteiger partial charge in [0.15, 0.2) is 0 Å². The van der Waals surface area contributed by atoms with Gasteiger partial charge in [0, 0.05) is 18.8 Å². The maximum Gasteiger partial charge on any atom is 0.264 e. The molecule has 1 heterocycles. The zero-order valence-corrected chi connectivity index (χ0v) is 22.7. The van der Waals surface area contributed by atoms with Gasteiger partial charge < -0.3 is 14.8 Å². The Kier molecular flexibility index (Phi) is 8.36. The minimum Gasteiger partial charge on any atom is -0.497 e. The highest BCUT2D eigenvalue weighted by Crippen LogP contribution is 2.26. The average molecular weight is 560 g/mol. The monoisotopic (exact) mass is 559 g/mol. The van der Waals surface area contributed by atoms with Crippen LogP contribution in [0.4, 0.5) is 11.4 Å². The van der Waals surface area contributed by atoms with Gasteiger partial charge in [0.05, 0.1) is 35.8 Å². The first kappa shape index (κ1) is 27.6. The molecule has 0 aliphatic carbocycles. The van der Waals surface area contributed by atoms with Crippen molar-refractivity contribution in [2.24, 2.45) is 0 Å². The number of hydrogen-bond donors (Lipinski definition) is 1. The van der Waals surface area contributed by atoms with Gasteiger partial charge in [0.1, 0.15) is 12.3 Å². The Balaban J connectivity index is 1.54. The van der Waals surface area contributed by atoms with E-state index in [-0.39, 0.29) is 22.9 Å². The SMILES string of the molecule is COc1ccc(S(=O)(=O)N(CC(=O)Nc2ccc(S(=O)(=O)N3CCOCC3)cc2)c2ccc(C)cc2)cc1. The first-order chi connectivity index (χ1) is 18.1. The van der Waals surface area contributed by atoms with Crippen LogP contribution in [0.5, 0.6) is 5.75 Å². The van der Waals surface area contributed by atoms with E-state index in [0.717, 1.165) is 9.87 Å². The van der Waals surface area contributed by atoms with Gasteiger partial charge in [-0.15, -0.1) is 0 Å². The first-order valence-corrected chi connectivity index (χ1v) is 14.7. The molecule has 202 valence electrons. The number of carbonyl (C=O) groups is 1. The van der Waals surface area contributed by atoms with Crippen molar-refractivity contribution in [2.45, 2.75) is 16.7 Å². The summed E-state index contributed by atoms with van der Waals surface area (Å²) in [5.41, 5.74) is 1.60. The van der Waals surface area contributed by atoms with Gasteiger partial charge in [-0.2, -0.15) is 4.31 Å². The number of anilines is 2. The summed E-state index contributed by atoms with van der Waals surface area (Å²) in [6, 6.07) is 18.5. The number of amides is 1. The van der Waals surface area contributed by atoms with E-state index in [1.54, 1.807) is 24.3 Å². The molecule has 0 aromatic heterocycles. The number of benzene rings is 3. The van der Waals surface area contributed by atoms with E-state index in [2.05, 4.69) is 5.32 Å². The second-order valence-corrected chi connectivity index (χ2v) is 12.4. The molecule has 1 fully saturated rings. The zero-order chi connectivity index (χ0) is 27.3. The van der Waals surface area contributed by atoms with Crippen LogP contribution in [0.25, 0.3) is 0 Å². The van der Waals surface area contributed by atoms with Crippen molar-refractivity contribution >= 4 is 37.3 Å². The molecule has 10 nitrogen and oxygen atoms in total. The predicted octanol–water partition coefficient (Wildman–Crippen LogP) is 2.86. The number of sulfonamides is 2. The summed E-state index contributed by atoms with van der Waals surface area (Å²) in [6.45, 7) is 2.61. The summed E-state index contributed by atoms with van der Waals surface area (Å²) < 4.78 is 65.5. The number of nitrogens with one attached hydrogen (secondary N) is 1. The normalized spacial score (nSPS) is 14.6. The van der Waals surface area contributed by atoms with E-state index >= 15 is 0 Å². The summed E-state index contributed by atoms with van der Waals surface area (Å²) in [5, 5.41) is 2.66. The van der Waals surface area contributed by atoms with Crippen LogP contribution >= 0.6 is 0 Å². The largest absolute Gasteiger partial charge is 0.497 e. The van der Waals surface area contributed by atoms with Gasteiger partial charge in [-0.25, -0.2) is 16.8 Å². The highest BCUT2D eigenvalue weighted by Gasteiger charge is 2.28. The van der Waals surface area contributed by atoms with Gasteiger partial charge in [0.25, 0.3) is 10.0 Å². The van der Waals surface area contributed by atoms with Crippen LogP contribution < -0.4 is 14.4 Å². The second-order valence-electron chi connectivity index (χ2n) is 8.61. The van der Waals surface area contributed by atoms with Gasteiger partial charge >= 0.3 is 0 Å². The topological polar surface area (TPSA) is 122 Å². The Morgan fingerprint density at radius 3 is 2.05 bits per heavy atom. The minimum absolute atomic E-state index is 0.00403. The van der Waals surface area contributed by atoms with E-state index in [1.165, 1.54) is 59.9 Å². The summed E-state index contributed by atoms with van der Waals surface area (Å²) in [6.07, 6.45) is 0. The summed E-state index contributed by atoms with van der Waals surface area (Å²) in [5.74, 6) is -0.0888. The van der Waals surface area contributed by atoms with Crippen LogP contribution in [0.1, 0.15) is 5.56 Å². The van der Waals surface area contributed by atoms with Crippen molar-refractivity contribution in [3.05, 3.63) is 78.4 Å². The lowest BCUT2D eigenvalue weighted by Crippen LogP contribution is -2.40. The standard InChI is InChI=1S/C26H29N3O7S2/c1-20-3-7-22(8-4-20)29(38(33,34)25-13-9-23(35-2)10-14-25)19-26(30)27-21-5-11-24(12-6-21)37(31,32)28-15-17-36-18-16-28/h3-14H,15-19H2,1-2H3,(H,27,30). The fraction of sp³-hybridized carbons (Fsp3) is 0.269. The number of methoxy groups -OCH3 is 1. The van der Waals surface area contributed by atoms with Crippen molar-refractivity contribution in [3.8, 4) is 5.75 Å². The average Bonchev–Trinajstić information content (AvgIpc) is 2.93. The van der Waals surface area contributed by atoms with Crippen molar-refractivity contribution in [2.75, 3.05) is 49.6 Å². The Morgan fingerprint density at radius 1 is 0.895 bits per heavy atom. The molecule has 1 aliphatic rings. The maximum absolute atomic E-state index is 13.5. The highest BCUT2D eigenvalue weighted by molar-refractivity contribution is 7.92. The summed E-state index contributed by atoms with van der Waals surface area (Å²) in [4.78, 5) is 13.1. The van der Waals surface area contributed by atoms with Crippen molar-refractivity contribution in [1.82, 2.24) is 4.31 Å². The molecule has 3 aromatic rings. The third-order valence-corrected chi connectivity index (χ3v) is 9.70. The molecule has 4 rings (SSSR count). The van der Waals surface area contributed by atoms with E-state index in [4.69, 9.17) is 9.47 Å². The van der Waals surface area contributed by atoms with Crippen LogP contribution in [0.15, 0.2) is 82.6 Å². The lowest BCUT2D eigenvalue weighted by atomic mass is 10.2. The van der Waals surface area contributed by atoms with Crippen LogP contribution in [0, 0.1) is 6.92 Å². The molecular formula is C26H29N3O7S2. The van der Waals surface area contributed by atoms with Gasteiger partial charge in [0.2, 0.25) is 15.9 Å².